The Morgan fingerprint density at radius 3 is 2.55 bits per heavy atom. The van der Waals surface area contributed by atoms with Crippen LogP contribution in [0.3, 0.4) is 0 Å². The van der Waals surface area contributed by atoms with Crippen LogP contribution >= 0.6 is 22.0 Å². The molecule has 5 nitrogen and oxygen atoms in total. The van der Waals surface area contributed by atoms with Crippen LogP contribution in [0.4, 0.5) is 0 Å². The largest absolute Gasteiger partial charge is 0.349 e. The van der Waals surface area contributed by atoms with Gasteiger partial charge in [-0.15, -0.1) is 11.3 Å². The van der Waals surface area contributed by atoms with Gasteiger partial charge in [0.25, 0.3) is 15.0 Å². The van der Waals surface area contributed by atoms with Crippen molar-refractivity contribution >= 4 is 47.8 Å². The van der Waals surface area contributed by atoms with E-state index in [0.717, 1.165) is 11.3 Å². The molecule has 1 saturated heterocycles. The minimum absolute atomic E-state index is 0.00411. The molecule has 0 unspecified atom stereocenters. The second-order valence-electron chi connectivity index (χ2n) is 4.60. The highest BCUT2D eigenvalue weighted by molar-refractivity contribution is 8.15. The van der Waals surface area contributed by atoms with Crippen LogP contribution in [-0.4, -0.2) is 36.1 Å². The van der Waals surface area contributed by atoms with Crippen molar-refractivity contribution in [2.75, 3.05) is 11.5 Å². The predicted octanol–water partition coefficient (Wildman–Crippen LogP) is 1.62. The molecule has 1 amide bonds. The average Bonchev–Trinajstić information content (AvgIpc) is 2.74. The Labute approximate surface area is 128 Å². The number of carbonyl (C=O) groups is 1. The molecule has 2 heterocycles. The molecule has 0 radical (unpaired) electrons. The lowest BCUT2D eigenvalue weighted by atomic mass is 10.1. The van der Waals surface area contributed by atoms with E-state index in [-0.39, 0.29) is 16.2 Å². The molecule has 112 valence electrons. The van der Waals surface area contributed by atoms with E-state index in [1.54, 1.807) is 6.92 Å². The number of rotatable bonds is 3. The summed E-state index contributed by atoms with van der Waals surface area (Å²) in [4.78, 5) is 12.1. The molecule has 0 aliphatic carbocycles. The average molecular weight is 356 g/mol. The molecule has 1 fully saturated rings. The van der Waals surface area contributed by atoms with Crippen LogP contribution in [0, 0.1) is 6.92 Å². The molecule has 1 aliphatic rings. The number of nitrogens with one attached hydrogen (secondary N) is 1. The monoisotopic (exact) mass is 355 g/mol. The fourth-order valence-corrected chi connectivity index (χ4v) is 5.91. The first kappa shape index (κ1) is 15.9. The number of thiophene rings is 1. The number of carbonyl (C=O) groups excluding carboxylic acids is 1. The quantitative estimate of drug-likeness (QED) is 0.835. The molecule has 1 N–H and O–H groups in total. The standard InChI is InChI=1S/C11H14ClNO4S3/c1-7-9(6-18-11(7)20(12,16)17)10(14)13-8-2-4-19(15)5-3-8/h6,8H,2-5H2,1H3,(H,13,14). The van der Waals surface area contributed by atoms with Crippen LogP contribution in [-0.2, 0) is 19.9 Å². The van der Waals surface area contributed by atoms with Gasteiger partial charge in [-0.25, -0.2) is 8.42 Å². The molecule has 0 bridgehead atoms. The van der Waals surface area contributed by atoms with E-state index < -0.39 is 19.9 Å². The number of halogens is 1. The van der Waals surface area contributed by atoms with Crippen molar-refractivity contribution in [2.45, 2.75) is 30.0 Å². The number of hydrogen-bond donors (Lipinski definition) is 1. The summed E-state index contributed by atoms with van der Waals surface area (Å²) in [5, 5.41) is 4.36. The molecule has 20 heavy (non-hydrogen) atoms. The molecule has 0 spiro atoms. The van der Waals surface area contributed by atoms with Crippen molar-refractivity contribution in [3.63, 3.8) is 0 Å². The van der Waals surface area contributed by atoms with E-state index >= 15 is 0 Å². The van der Waals surface area contributed by atoms with Crippen molar-refractivity contribution in [3.8, 4) is 0 Å². The molecule has 0 aromatic carbocycles. The van der Waals surface area contributed by atoms with E-state index in [2.05, 4.69) is 5.32 Å². The maximum Gasteiger partial charge on any atom is 0.271 e. The molecule has 0 atom stereocenters. The minimum Gasteiger partial charge on any atom is -0.349 e. The maximum absolute atomic E-state index is 12.1. The highest BCUT2D eigenvalue weighted by Crippen LogP contribution is 2.29. The molecule has 1 aromatic heterocycles. The maximum atomic E-state index is 12.1. The van der Waals surface area contributed by atoms with Crippen molar-refractivity contribution < 1.29 is 17.4 Å². The van der Waals surface area contributed by atoms with E-state index in [0.29, 0.717) is 35.5 Å². The van der Waals surface area contributed by atoms with Gasteiger partial charge < -0.3 is 5.32 Å². The summed E-state index contributed by atoms with van der Waals surface area (Å²) in [6, 6.07) is -0.00411. The zero-order chi connectivity index (χ0) is 14.9. The van der Waals surface area contributed by atoms with Gasteiger partial charge >= 0.3 is 0 Å². The SMILES string of the molecule is Cc1c(C(=O)NC2CCS(=O)CC2)csc1S(=O)(=O)Cl. The molecule has 2 rings (SSSR count). The van der Waals surface area contributed by atoms with Gasteiger partial charge in [0.2, 0.25) is 0 Å². The number of amides is 1. The zero-order valence-electron chi connectivity index (χ0n) is 10.7. The zero-order valence-corrected chi connectivity index (χ0v) is 13.9. The van der Waals surface area contributed by atoms with Crippen LogP contribution in [0.1, 0.15) is 28.8 Å². The van der Waals surface area contributed by atoms with Crippen molar-refractivity contribution in [1.29, 1.82) is 0 Å². The molecule has 1 aliphatic heterocycles. The Hall–Kier alpha value is -0.440. The Balaban J connectivity index is 2.10. The van der Waals surface area contributed by atoms with Crippen LogP contribution in [0.5, 0.6) is 0 Å². The highest BCUT2D eigenvalue weighted by atomic mass is 35.7. The van der Waals surface area contributed by atoms with Crippen molar-refractivity contribution in [1.82, 2.24) is 5.32 Å². The Morgan fingerprint density at radius 1 is 1.45 bits per heavy atom. The molecule has 0 saturated carbocycles. The van der Waals surface area contributed by atoms with Gasteiger partial charge in [-0.05, 0) is 25.3 Å². The van der Waals surface area contributed by atoms with Crippen molar-refractivity contribution in [2.24, 2.45) is 0 Å². The van der Waals surface area contributed by atoms with E-state index in [1.165, 1.54) is 5.38 Å². The first-order valence-electron chi connectivity index (χ1n) is 5.97. The first-order valence-corrected chi connectivity index (χ1v) is 10.7. The summed E-state index contributed by atoms with van der Waals surface area (Å²) >= 11 is 0.944. The van der Waals surface area contributed by atoms with Gasteiger partial charge in [-0.3, -0.25) is 9.00 Å². The summed E-state index contributed by atoms with van der Waals surface area (Å²) in [6.07, 6.45) is 1.37. The van der Waals surface area contributed by atoms with Gasteiger partial charge in [0.15, 0.2) is 0 Å². The third-order valence-corrected chi connectivity index (χ3v) is 7.87. The smallest absolute Gasteiger partial charge is 0.271 e. The Bertz CT molecular complexity index is 643. The fourth-order valence-electron chi connectivity index (χ4n) is 2.06. The molecular weight excluding hydrogens is 342 g/mol. The van der Waals surface area contributed by atoms with Crippen LogP contribution in [0.2, 0.25) is 0 Å². The third kappa shape index (κ3) is 3.60. The third-order valence-electron chi connectivity index (χ3n) is 3.18. The summed E-state index contributed by atoms with van der Waals surface area (Å²) < 4.78 is 33.9. The molecule has 9 heteroatoms. The van der Waals surface area contributed by atoms with Gasteiger partial charge in [-0.2, -0.15) is 0 Å². The topological polar surface area (TPSA) is 80.3 Å². The summed E-state index contributed by atoms with van der Waals surface area (Å²) in [5.74, 6) is 0.881. The predicted molar refractivity (Wildman–Crippen MR) is 80.5 cm³/mol. The van der Waals surface area contributed by atoms with E-state index in [4.69, 9.17) is 10.7 Å². The van der Waals surface area contributed by atoms with Crippen LogP contribution in [0.25, 0.3) is 0 Å². The minimum atomic E-state index is -3.82. The highest BCUT2D eigenvalue weighted by Gasteiger charge is 2.25. The Morgan fingerprint density at radius 2 is 2.05 bits per heavy atom. The van der Waals surface area contributed by atoms with E-state index in [1.807, 2.05) is 0 Å². The van der Waals surface area contributed by atoms with Crippen LogP contribution < -0.4 is 5.32 Å². The van der Waals surface area contributed by atoms with Gasteiger partial charge in [-0.1, -0.05) is 0 Å². The second kappa shape index (κ2) is 6.13. The lowest BCUT2D eigenvalue weighted by molar-refractivity contribution is 0.0934. The normalized spacial score (nSPS) is 23.5. The number of hydrogen-bond acceptors (Lipinski definition) is 5. The lowest BCUT2D eigenvalue weighted by Crippen LogP contribution is -2.39. The summed E-state index contributed by atoms with van der Waals surface area (Å²) in [6.45, 7) is 1.57. The summed E-state index contributed by atoms with van der Waals surface area (Å²) in [7, 11) is 0.713. The van der Waals surface area contributed by atoms with E-state index in [9.17, 15) is 17.4 Å². The van der Waals surface area contributed by atoms with Gasteiger partial charge in [0.05, 0.1) is 5.56 Å². The molecule has 1 aromatic rings. The Kier molecular flexibility index (Phi) is 4.88. The second-order valence-corrected chi connectivity index (χ2v) is 9.93. The van der Waals surface area contributed by atoms with Gasteiger partial charge in [0, 0.05) is 44.4 Å². The first-order chi connectivity index (χ1) is 9.29. The van der Waals surface area contributed by atoms with Crippen LogP contribution in [0.15, 0.2) is 9.59 Å². The fraction of sp³-hybridized carbons (Fsp3) is 0.545. The lowest BCUT2D eigenvalue weighted by Gasteiger charge is -2.22. The molecular formula is C11H14ClNO4S3. The summed E-state index contributed by atoms with van der Waals surface area (Å²) in [5.41, 5.74) is 0.711. The van der Waals surface area contributed by atoms with Gasteiger partial charge in [0.1, 0.15) is 4.21 Å². The van der Waals surface area contributed by atoms with Crippen molar-refractivity contribution in [3.05, 3.63) is 16.5 Å².